The van der Waals surface area contributed by atoms with E-state index in [1.54, 1.807) is 0 Å². The van der Waals surface area contributed by atoms with Crippen molar-refractivity contribution in [2.24, 2.45) is 0 Å². The number of H-pyrrole nitrogens is 1. The Morgan fingerprint density at radius 3 is 2.59 bits per heavy atom. The van der Waals surface area contributed by atoms with Crippen molar-refractivity contribution in [1.29, 1.82) is 0 Å². The number of aryl methyl sites for hydroxylation is 2. The van der Waals surface area contributed by atoms with Gasteiger partial charge in [-0.25, -0.2) is 4.68 Å². The highest BCUT2D eigenvalue weighted by molar-refractivity contribution is 5.85. The number of benzene rings is 2. The number of nitrogens with one attached hydrogen (secondary N) is 1. The van der Waals surface area contributed by atoms with Crippen molar-refractivity contribution in [1.82, 2.24) is 30.1 Å². The van der Waals surface area contributed by atoms with Crippen molar-refractivity contribution < 1.29 is 0 Å². The second-order valence-electron chi connectivity index (χ2n) is 10.5. The number of fused-ring (bicyclic) bond motifs is 1. The molecule has 1 aliphatic rings. The summed E-state index contributed by atoms with van der Waals surface area (Å²) < 4.78 is 2.08. The summed E-state index contributed by atoms with van der Waals surface area (Å²) in [5.41, 5.74) is 5.25. The molecule has 2 aromatic heterocycles. The largest absolute Gasteiger partial charge is 0.321 e. The molecule has 1 atom stereocenters. The van der Waals surface area contributed by atoms with Crippen molar-refractivity contribution in [2.45, 2.75) is 84.3 Å². The first kappa shape index (κ1) is 25.3. The lowest BCUT2D eigenvalue weighted by Gasteiger charge is -2.31. The van der Waals surface area contributed by atoms with E-state index in [0.717, 1.165) is 66.5 Å². The lowest BCUT2D eigenvalue weighted by Crippen LogP contribution is -2.35. The van der Waals surface area contributed by atoms with E-state index in [9.17, 15) is 4.79 Å². The van der Waals surface area contributed by atoms with Gasteiger partial charge in [-0.1, -0.05) is 68.7 Å². The van der Waals surface area contributed by atoms with E-state index in [1.807, 2.05) is 6.92 Å². The lowest BCUT2D eigenvalue weighted by atomic mass is 10.0. The Bertz CT molecular complexity index is 1390. The first-order valence-corrected chi connectivity index (χ1v) is 13.7. The molecular weight excluding hydrogens is 460 g/mol. The maximum Gasteiger partial charge on any atom is 0.252 e. The van der Waals surface area contributed by atoms with Gasteiger partial charge in [0.1, 0.15) is 0 Å². The monoisotopic (exact) mass is 498 g/mol. The van der Waals surface area contributed by atoms with Crippen LogP contribution in [0.5, 0.6) is 0 Å². The Hall–Kier alpha value is -3.32. The first-order chi connectivity index (χ1) is 18.0. The van der Waals surface area contributed by atoms with Gasteiger partial charge < -0.3 is 4.98 Å². The van der Waals surface area contributed by atoms with Crippen LogP contribution in [0, 0.1) is 13.8 Å². The number of aromatic nitrogens is 5. The maximum absolute atomic E-state index is 13.3. The van der Waals surface area contributed by atoms with Crippen LogP contribution < -0.4 is 5.56 Å². The molecule has 0 saturated heterocycles. The smallest absolute Gasteiger partial charge is 0.252 e. The van der Waals surface area contributed by atoms with Gasteiger partial charge in [0.2, 0.25) is 0 Å². The molecule has 1 saturated carbocycles. The predicted octanol–water partition coefficient (Wildman–Crippen LogP) is 5.83. The summed E-state index contributed by atoms with van der Waals surface area (Å²) in [6.45, 7) is 7.72. The summed E-state index contributed by atoms with van der Waals surface area (Å²) in [5, 5.41) is 14.3. The Kier molecular flexibility index (Phi) is 7.79. The van der Waals surface area contributed by atoms with Gasteiger partial charge in [-0.3, -0.25) is 9.69 Å². The van der Waals surface area contributed by atoms with Crippen molar-refractivity contribution in [3.63, 3.8) is 0 Å². The van der Waals surface area contributed by atoms with Gasteiger partial charge in [0.25, 0.3) is 5.56 Å². The standard InChI is InChI=1S/C30H38N6O/c1-4-10-27(29-32-33-34-36(29)25-13-8-9-14-25)35(18-17-23-11-6-5-7-12-23)20-24-19-26-21(2)15-16-22(3)28(26)31-30(24)37/h5-7,11-12,15-16,19,25,27H,4,8-10,13-14,17-18,20H2,1-3H3,(H,31,37)/t27-/m0/s1. The maximum atomic E-state index is 13.3. The van der Waals surface area contributed by atoms with Crippen LogP contribution in [0.1, 0.15) is 85.6 Å². The summed E-state index contributed by atoms with van der Waals surface area (Å²) in [6.07, 6.45) is 7.56. The molecule has 0 unspecified atom stereocenters. The summed E-state index contributed by atoms with van der Waals surface area (Å²) in [5.74, 6) is 0.936. The van der Waals surface area contributed by atoms with Crippen molar-refractivity contribution in [3.8, 4) is 0 Å². The highest BCUT2D eigenvalue weighted by atomic mass is 16.1. The van der Waals surface area contributed by atoms with Gasteiger partial charge in [-0.05, 0) is 72.7 Å². The topological polar surface area (TPSA) is 79.7 Å². The fourth-order valence-corrected chi connectivity index (χ4v) is 5.79. The molecule has 5 rings (SSSR count). The van der Waals surface area contributed by atoms with E-state index < -0.39 is 0 Å². The molecule has 1 fully saturated rings. The highest BCUT2D eigenvalue weighted by Crippen LogP contribution is 2.33. The second kappa shape index (κ2) is 11.4. The minimum absolute atomic E-state index is 0.0171. The lowest BCUT2D eigenvalue weighted by molar-refractivity contribution is 0.163. The number of hydrogen-bond donors (Lipinski definition) is 1. The molecule has 2 aromatic carbocycles. The van der Waals surface area contributed by atoms with Crippen molar-refractivity contribution in [3.05, 3.63) is 87.0 Å². The molecule has 1 N–H and O–H groups in total. The van der Waals surface area contributed by atoms with Crippen molar-refractivity contribution >= 4 is 10.9 Å². The minimum Gasteiger partial charge on any atom is -0.321 e. The molecule has 1 aliphatic carbocycles. The van der Waals surface area contributed by atoms with Gasteiger partial charge in [0, 0.05) is 24.0 Å². The van der Waals surface area contributed by atoms with Gasteiger partial charge in [0.15, 0.2) is 5.82 Å². The molecule has 0 radical (unpaired) electrons. The van der Waals surface area contributed by atoms with Crippen LogP contribution in [-0.4, -0.2) is 36.6 Å². The van der Waals surface area contributed by atoms with E-state index in [-0.39, 0.29) is 11.6 Å². The van der Waals surface area contributed by atoms with Gasteiger partial charge in [-0.15, -0.1) is 5.10 Å². The molecule has 0 amide bonds. The average molecular weight is 499 g/mol. The summed E-state index contributed by atoms with van der Waals surface area (Å²) in [7, 11) is 0. The zero-order valence-corrected chi connectivity index (χ0v) is 22.3. The molecular formula is C30H38N6O. The number of nitrogens with zero attached hydrogens (tertiary/aromatic N) is 5. The third-order valence-electron chi connectivity index (χ3n) is 7.91. The van der Waals surface area contributed by atoms with Crippen LogP contribution >= 0.6 is 0 Å². The zero-order chi connectivity index (χ0) is 25.8. The van der Waals surface area contributed by atoms with E-state index >= 15 is 0 Å². The Morgan fingerprint density at radius 2 is 1.84 bits per heavy atom. The normalized spacial score (nSPS) is 15.1. The number of pyridine rings is 1. The third-order valence-corrected chi connectivity index (χ3v) is 7.91. The molecule has 4 aromatic rings. The first-order valence-electron chi connectivity index (χ1n) is 13.7. The average Bonchev–Trinajstić information content (AvgIpc) is 3.61. The number of hydrogen-bond acceptors (Lipinski definition) is 5. The summed E-state index contributed by atoms with van der Waals surface area (Å²) >= 11 is 0. The summed E-state index contributed by atoms with van der Waals surface area (Å²) in [4.78, 5) is 18.9. The van der Waals surface area contributed by atoms with Crippen molar-refractivity contribution in [2.75, 3.05) is 6.54 Å². The van der Waals surface area contributed by atoms with Crippen LogP contribution in [-0.2, 0) is 13.0 Å². The molecule has 0 bridgehead atoms. The van der Waals surface area contributed by atoms with Crippen LogP contribution in [0.15, 0.2) is 53.3 Å². The Labute approximate surface area is 218 Å². The summed E-state index contributed by atoms with van der Waals surface area (Å²) in [6, 6.07) is 17.3. The molecule has 0 aliphatic heterocycles. The van der Waals surface area contributed by atoms with Gasteiger partial charge in [0.05, 0.1) is 17.6 Å². The molecule has 2 heterocycles. The molecule has 7 nitrogen and oxygen atoms in total. The highest BCUT2D eigenvalue weighted by Gasteiger charge is 2.30. The Morgan fingerprint density at radius 1 is 1.08 bits per heavy atom. The van der Waals surface area contributed by atoms with Crippen LogP contribution in [0.3, 0.4) is 0 Å². The molecule has 7 heteroatoms. The zero-order valence-electron chi connectivity index (χ0n) is 22.3. The predicted molar refractivity (Wildman–Crippen MR) is 148 cm³/mol. The SMILES string of the molecule is CCC[C@@H](c1nnnn1C1CCCC1)N(CCc1ccccc1)Cc1cc2c(C)ccc(C)c2[nH]c1=O. The van der Waals surface area contributed by atoms with E-state index in [1.165, 1.54) is 24.0 Å². The van der Waals surface area contributed by atoms with Crippen LogP contribution in [0.4, 0.5) is 0 Å². The molecule has 194 valence electrons. The number of tetrazole rings is 1. The minimum atomic E-state index is -0.0171. The van der Waals surface area contributed by atoms with E-state index in [0.29, 0.717) is 12.6 Å². The molecule has 37 heavy (non-hydrogen) atoms. The quantitative estimate of drug-likeness (QED) is 0.297. The second-order valence-corrected chi connectivity index (χ2v) is 10.5. The van der Waals surface area contributed by atoms with Crippen LogP contribution in [0.25, 0.3) is 10.9 Å². The van der Waals surface area contributed by atoms with Gasteiger partial charge >= 0.3 is 0 Å². The van der Waals surface area contributed by atoms with Gasteiger partial charge in [-0.2, -0.15) is 0 Å². The number of rotatable bonds is 10. The van der Waals surface area contributed by atoms with E-state index in [4.69, 9.17) is 0 Å². The molecule has 0 spiro atoms. The van der Waals surface area contributed by atoms with E-state index in [2.05, 4.69) is 92.5 Å². The van der Waals surface area contributed by atoms with Crippen LogP contribution in [0.2, 0.25) is 0 Å². The fraction of sp³-hybridized carbons (Fsp3) is 0.467. The third kappa shape index (κ3) is 5.52. The fourth-order valence-electron chi connectivity index (χ4n) is 5.79. The number of aromatic amines is 1. The Balaban J connectivity index is 1.53.